The zero-order chi connectivity index (χ0) is 27.4. The number of nitrogens with zero attached hydrogens (tertiary/aromatic N) is 1. The van der Waals surface area contributed by atoms with Crippen LogP contribution in [0.3, 0.4) is 0 Å². The molecule has 2 heterocycles. The number of ether oxygens (including phenoxy) is 1. The molecule has 0 radical (unpaired) electrons. The topological polar surface area (TPSA) is 29.5 Å². The molecule has 0 bridgehead atoms. The third-order valence-electron chi connectivity index (χ3n) is 11.9. The SMILES string of the molecule is CCC[C@H]1[C@@H]2CC[C@@]3(CC(C)=C2C[C@@H]1[C@]1(C)C=CC(=O)CC1)O[C@@H]1C[C@H](C)CN(Cc2ccccc2)[C@H]1[C@H]3C. The van der Waals surface area contributed by atoms with Crippen LogP contribution in [0.4, 0.5) is 0 Å². The van der Waals surface area contributed by atoms with Crippen LogP contribution in [0.25, 0.3) is 0 Å². The highest BCUT2D eigenvalue weighted by molar-refractivity contribution is 5.90. The van der Waals surface area contributed by atoms with Crippen LogP contribution in [0.15, 0.2) is 53.6 Å². The number of hydrogen-bond donors (Lipinski definition) is 0. The van der Waals surface area contributed by atoms with Gasteiger partial charge in [-0.1, -0.05) is 81.7 Å². The molecular formula is C36H51NO2. The Morgan fingerprint density at radius 1 is 1.13 bits per heavy atom. The highest BCUT2D eigenvalue weighted by atomic mass is 16.5. The van der Waals surface area contributed by atoms with Crippen molar-refractivity contribution in [3.05, 3.63) is 59.2 Å². The van der Waals surface area contributed by atoms with Gasteiger partial charge >= 0.3 is 0 Å². The molecule has 212 valence electrons. The van der Waals surface area contributed by atoms with Crippen molar-refractivity contribution in [1.82, 2.24) is 4.90 Å². The summed E-state index contributed by atoms with van der Waals surface area (Å²) in [6.45, 7) is 14.4. The van der Waals surface area contributed by atoms with E-state index in [0.717, 1.165) is 31.7 Å². The fraction of sp³-hybridized carbons (Fsp3) is 0.694. The van der Waals surface area contributed by atoms with Gasteiger partial charge in [0, 0.05) is 31.5 Å². The van der Waals surface area contributed by atoms with Gasteiger partial charge in [-0.25, -0.2) is 0 Å². The van der Waals surface area contributed by atoms with Gasteiger partial charge in [0.25, 0.3) is 0 Å². The summed E-state index contributed by atoms with van der Waals surface area (Å²) >= 11 is 0. The van der Waals surface area contributed by atoms with Gasteiger partial charge in [-0.3, -0.25) is 9.69 Å². The molecule has 3 nitrogen and oxygen atoms in total. The molecule has 1 aromatic rings. The second-order valence-electron chi connectivity index (χ2n) is 14.5. The highest BCUT2D eigenvalue weighted by Gasteiger charge is 2.58. The Morgan fingerprint density at radius 2 is 1.92 bits per heavy atom. The zero-order valence-electron chi connectivity index (χ0n) is 25.1. The van der Waals surface area contributed by atoms with Crippen molar-refractivity contribution in [1.29, 1.82) is 0 Å². The van der Waals surface area contributed by atoms with Crippen molar-refractivity contribution in [3.8, 4) is 0 Å². The molecule has 3 fully saturated rings. The van der Waals surface area contributed by atoms with E-state index in [0.29, 0.717) is 41.6 Å². The average molecular weight is 530 g/mol. The molecular weight excluding hydrogens is 478 g/mol. The predicted molar refractivity (Wildman–Crippen MR) is 159 cm³/mol. The van der Waals surface area contributed by atoms with Crippen molar-refractivity contribution < 1.29 is 9.53 Å². The van der Waals surface area contributed by atoms with E-state index in [9.17, 15) is 4.79 Å². The molecule has 0 aromatic heterocycles. The second kappa shape index (κ2) is 10.6. The number of likely N-dealkylation sites (tertiary alicyclic amines) is 1. The van der Waals surface area contributed by atoms with E-state index < -0.39 is 0 Å². The number of hydrogen-bond acceptors (Lipinski definition) is 3. The molecule has 0 unspecified atom stereocenters. The summed E-state index contributed by atoms with van der Waals surface area (Å²) in [6.07, 6.45) is 14.8. The molecule has 0 amide bonds. The molecule has 1 spiro atoms. The van der Waals surface area contributed by atoms with E-state index in [-0.39, 0.29) is 11.0 Å². The van der Waals surface area contributed by atoms with Crippen LogP contribution < -0.4 is 0 Å². The van der Waals surface area contributed by atoms with Crippen LogP contribution in [-0.2, 0) is 16.1 Å². The minimum absolute atomic E-state index is 0.0247. The Labute approximate surface area is 237 Å². The predicted octanol–water partition coefficient (Wildman–Crippen LogP) is 8.15. The summed E-state index contributed by atoms with van der Waals surface area (Å²) in [7, 11) is 0. The summed E-state index contributed by atoms with van der Waals surface area (Å²) in [5.41, 5.74) is 4.96. The van der Waals surface area contributed by atoms with E-state index in [1.165, 1.54) is 50.6 Å². The molecule has 6 rings (SSSR count). The number of rotatable bonds is 5. The lowest BCUT2D eigenvalue weighted by atomic mass is 9.64. The minimum Gasteiger partial charge on any atom is -0.369 e. The lowest BCUT2D eigenvalue weighted by Gasteiger charge is -2.42. The number of carbonyl (C=O) groups is 1. The fourth-order valence-electron chi connectivity index (χ4n) is 9.94. The van der Waals surface area contributed by atoms with E-state index in [1.54, 1.807) is 11.1 Å². The fourth-order valence-corrected chi connectivity index (χ4v) is 9.94. The maximum Gasteiger partial charge on any atom is 0.155 e. The molecule has 1 aromatic carbocycles. The molecule has 1 saturated carbocycles. The average Bonchev–Trinajstić information content (AvgIpc) is 3.36. The molecule has 9 atom stereocenters. The third kappa shape index (κ3) is 4.90. The van der Waals surface area contributed by atoms with Gasteiger partial charge in [-0.15, -0.1) is 0 Å². The maximum absolute atomic E-state index is 12.0. The van der Waals surface area contributed by atoms with E-state index in [4.69, 9.17) is 4.74 Å². The normalized spacial score (nSPS) is 42.6. The van der Waals surface area contributed by atoms with Gasteiger partial charge in [-0.2, -0.15) is 0 Å². The molecule has 2 aliphatic heterocycles. The number of piperidine rings is 1. The monoisotopic (exact) mass is 529 g/mol. The van der Waals surface area contributed by atoms with Crippen LogP contribution in [-0.4, -0.2) is 35.0 Å². The summed E-state index contributed by atoms with van der Waals surface area (Å²) in [5.74, 6) is 3.61. The highest BCUT2D eigenvalue weighted by Crippen LogP contribution is 2.60. The molecule has 3 heteroatoms. The first-order valence-corrected chi connectivity index (χ1v) is 16.1. The van der Waals surface area contributed by atoms with Gasteiger partial charge in [0.2, 0.25) is 0 Å². The molecule has 0 N–H and O–H groups in total. The molecule has 5 aliphatic rings. The quantitative estimate of drug-likeness (QED) is 0.361. The van der Waals surface area contributed by atoms with Gasteiger partial charge < -0.3 is 4.74 Å². The number of carbonyl (C=O) groups excluding carboxylic acids is 1. The van der Waals surface area contributed by atoms with Crippen LogP contribution in [0.5, 0.6) is 0 Å². The standard InChI is InChI=1S/C36H51NO2/c1-6-10-30-29-15-18-36(21-25(3)31(29)20-32(30)35(5)16-13-28(38)14-17-35)26(4)34-33(39-36)19-24(2)22-37(34)23-27-11-8-7-9-12-27/h7-9,11-13,16,24,26,29-30,32-34H,6,10,14-15,17-23H2,1-5H3/t24-,26+,29-,30-,32-,33+,34-,35+,36-/m0/s1. The first-order chi connectivity index (χ1) is 18.7. The molecule has 39 heavy (non-hydrogen) atoms. The van der Waals surface area contributed by atoms with Crippen molar-refractivity contribution >= 4 is 5.78 Å². The number of allylic oxidation sites excluding steroid dienone is 3. The van der Waals surface area contributed by atoms with Gasteiger partial charge in [0.15, 0.2) is 5.78 Å². The summed E-state index contributed by atoms with van der Waals surface area (Å²) in [5, 5.41) is 0. The van der Waals surface area contributed by atoms with Crippen LogP contribution >= 0.6 is 0 Å². The second-order valence-corrected chi connectivity index (χ2v) is 14.5. The summed E-state index contributed by atoms with van der Waals surface area (Å²) in [4.78, 5) is 14.8. The Kier molecular flexibility index (Phi) is 7.46. The Balaban J connectivity index is 1.27. The minimum atomic E-state index is -0.0247. The number of fused-ring (bicyclic) bond motifs is 2. The van der Waals surface area contributed by atoms with E-state index in [2.05, 4.69) is 75.9 Å². The number of benzene rings is 1. The number of ketones is 1. The van der Waals surface area contributed by atoms with Crippen molar-refractivity contribution in [3.63, 3.8) is 0 Å². The summed E-state index contributed by atoms with van der Waals surface area (Å²) in [6, 6.07) is 11.6. The van der Waals surface area contributed by atoms with E-state index >= 15 is 0 Å². The Bertz CT molecular complexity index is 1120. The molecule has 2 saturated heterocycles. The lowest BCUT2D eigenvalue weighted by Crippen LogP contribution is -2.51. The zero-order valence-corrected chi connectivity index (χ0v) is 25.1. The summed E-state index contributed by atoms with van der Waals surface area (Å²) < 4.78 is 7.31. The van der Waals surface area contributed by atoms with Crippen molar-refractivity contribution in [2.45, 2.75) is 117 Å². The third-order valence-corrected chi connectivity index (χ3v) is 11.9. The van der Waals surface area contributed by atoms with Crippen molar-refractivity contribution in [2.75, 3.05) is 6.54 Å². The van der Waals surface area contributed by atoms with Gasteiger partial charge in [-0.05, 0) is 92.6 Å². The van der Waals surface area contributed by atoms with Gasteiger partial charge in [0.1, 0.15) is 0 Å². The van der Waals surface area contributed by atoms with Gasteiger partial charge in [0.05, 0.1) is 11.7 Å². The maximum atomic E-state index is 12.0. The largest absolute Gasteiger partial charge is 0.369 e. The van der Waals surface area contributed by atoms with Crippen molar-refractivity contribution in [2.24, 2.45) is 35.0 Å². The van der Waals surface area contributed by atoms with Crippen LogP contribution in [0.1, 0.15) is 98.0 Å². The van der Waals surface area contributed by atoms with Crippen LogP contribution in [0, 0.1) is 35.0 Å². The smallest absolute Gasteiger partial charge is 0.155 e. The first kappa shape index (κ1) is 27.5. The Morgan fingerprint density at radius 3 is 2.64 bits per heavy atom. The lowest BCUT2D eigenvalue weighted by molar-refractivity contribution is -0.116. The first-order valence-electron chi connectivity index (χ1n) is 16.1. The van der Waals surface area contributed by atoms with E-state index in [1.807, 2.05) is 6.08 Å². The molecule has 3 aliphatic carbocycles. The Hall–Kier alpha value is -1.71. The van der Waals surface area contributed by atoms with Crippen LogP contribution in [0.2, 0.25) is 0 Å².